The smallest absolute Gasteiger partial charge is 0.269 e. The van der Waals surface area contributed by atoms with E-state index in [9.17, 15) is 9.59 Å². The van der Waals surface area contributed by atoms with Crippen LogP contribution in [0, 0.1) is 6.92 Å². The van der Waals surface area contributed by atoms with Crippen LogP contribution in [-0.4, -0.2) is 28.3 Å². The van der Waals surface area contributed by atoms with E-state index in [1.54, 1.807) is 6.07 Å². The van der Waals surface area contributed by atoms with E-state index in [2.05, 4.69) is 26.7 Å². The summed E-state index contributed by atoms with van der Waals surface area (Å²) >= 11 is 0. The van der Waals surface area contributed by atoms with Crippen LogP contribution in [0.1, 0.15) is 32.0 Å². The van der Waals surface area contributed by atoms with Crippen LogP contribution < -0.4 is 10.6 Å². The molecule has 0 aliphatic rings. The van der Waals surface area contributed by atoms with Gasteiger partial charge in [-0.15, -0.1) is 0 Å². The van der Waals surface area contributed by atoms with E-state index in [4.69, 9.17) is 0 Å². The van der Waals surface area contributed by atoms with Crippen LogP contribution in [0.15, 0.2) is 73.1 Å². The van der Waals surface area contributed by atoms with Gasteiger partial charge in [0.2, 0.25) is 0 Å². The second kappa shape index (κ2) is 8.61. The van der Waals surface area contributed by atoms with Crippen molar-refractivity contribution >= 4 is 28.4 Å². The highest BCUT2D eigenvalue weighted by atomic mass is 16.2. The number of carbonyl (C=O) groups excluding carboxylic acids is 2. The fraction of sp³-hybridized carbons (Fsp3) is 0.125. The summed E-state index contributed by atoms with van der Waals surface area (Å²) in [5.74, 6) is -0.589. The Labute approximate surface area is 174 Å². The standard InChI is InChI=1S/C24H22N4O2/c1-16-6-8-19(9-7-16)28-23(29)17-10-12-25-22(14-17)24(30)26-13-11-18-15-27-21-5-3-2-4-20(18)21/h2-10,12,14-15,27H,11,13H2,1H3,(H,26,30)(H,28,29). The SMILES string of the molecule is Cc1ccc(NC(=O)c2ccnc(C(=O)NCCc3c[nH]c4ccccc34)c2)cc1. The molecule has 2 heterocycles. The average Bonchev–Trinajstić information content (AvgIpc) is 3.18. The topological polar surface area (TPSA) is 86.9 Å². The molecule has 0 bridgehead atoms. The number of rotatable bonds is 6. The van der Waals surface area contributed by atoms with E-state index in [1.807, 2.05) is 55.6 Å². The minimum atomic E-state index is -0.306. The predicted molar refractivity (Wildman–Crippen MR) is 118 cm³/mol. The number of carbonyl (C=O) groups is 2. The summed E-state index contributed by atoms with van der Waals surface area (Å²) in [5.41, 5.74) is 4.63. The van der Waals surface area contributed by atoms with Gasteiger partial charge in [0.15, 0.2) is 0 Å². The first-order valence-corrected chi connectivity index (χ1v) is 9.77. The monoisotopic (exact) mass is 398 g/mol. The molecular weight excluding hydrogens is 376 g/mol. The van der Waals surface area contributed by atoms with Gasteiger partial charge in [-0.1, -0.05) is 35.9 Å². The van der Waals surface area contributed by atoms with Gasteiger partial charge in [0.1, 0.15) is 5.69 Å². The van der Waals surface area contributed by atoms with Crippen molar-refractivity contribution in [2.75, 3.05) is 11.9 Å². The van der Waals surface area contributed by atoms with Crippen molar-refractivity contribution in [1.82, 2.24) is 15.3 Å². The molecule has 0 fully saturated rings. The van der Waals surface area contributed by atoms with Crippen LogP contribution in [0.4, 0.5) is 5.69 Å². The number of anilines is 1. The quantitative estimate of drug-likeness (QED) is 0.457. The maximum absolute atomic E-state index is 12.5. The van der Waals surface area contributed by atoms with Crippen LogP contribution >= 0.6 is 0 Å². The van der Waals surface area contributed by atoms with Gasteiger partial charge in [-0.05, 0) is 49.2 Å². The number of amides is 2. The number of nitrogens with zero attached hydrogens (tertiary/aromatic N) is 1. The highest BCUT2D eigenvalue weighted by Gasteiger charge is 2.12. The third-order valence-electron chi connectivity index (χ3n) is 4.92. The number of nitrogens with one attached hydrogen (secondary N) is 3. The zero-order valence-electron chi connectivity index (χ0n) is 16.6. The summed E-state index contributed by atoms with van der Waals surface area (Å²) in [6.45, 7) is 2.46. The Morgan fingerprint density at radius 3 is 2.63 bits per heavy atom. The van der Waals surface area contributed by atoms with E-state index in [1.165, 1.54) is 12.3 Å². The first-order valence-electron chi connectivity index (χ1n) is 9.77. The molecule has 2 aromatic heterocycles. The largest absolute Gasteiger partial charge is 0.361 e. The van der Waals surface area contributed by atoms with E-state index < -0.39 is 0 Å². The third kappa shape index (κ3) is 4.38. The number of pyridine rings is 1. The van der Waals surface area contributed by atoms with Crippen molar-refractivity contribution in [3.8, 4) is 0 Å². The molecule has 0 radical (unpaired) electrons. The molecule has 3 N–H and O–H groups in total. The number of aromatic amines is 1. The number of fused-ring (bicyclic) bond motifs is 1. The van der Waals surface area contributed by atoms with Gasteiger partial charge in [0.05, 0.1) is 0 Å². The Balaban J connectivity index is 1.37. The fourth-order valence-corrected chi connectivity index (χ4v) is 3.28. The Hall–Kier alpha value is -3.93. The molecule has 4 rings (SSSR count). The highest BCUT2D eigenvalue weighted by molar-refractivity contribution is 6.05. The summed E-state index contributed by atoms with van der Waals surface area (Å²) in [4.78, 5) is 32.3. The predicted octanol–water partition coefficient (Wildman–Crippen LogP) is 4.10. The first kappa shape index (κ1) is 19.4. The molecule has 0 atom stereocenters. The lowest BCUT2D eigenvalue weighted by Gasteiger charge is -2.08. The molecule has 0 saturated carbocycles. The second-order valence-electron chi connectivity index (χ2n) is 7.12. The Morgan fingerprint density at radius 2 is 1.80 bits per heavy atom. The van der Waals surface area contributed by atoms with E-state index in [0.29, 0.717) is 24.2 Å². The first-order chi connectivity index (χ1) is 14.6. The van der Waals surface area contributed by atoms with E-state index in [0.717, 1.165) is 22.0 Å². The maximum Gasteiger partial charge on any atom is 0.269 e. The van der Waals surface area contributed by atoms with Crippen molar-refractivity contribution in [3.63, 3.8) is 0 Å². The van der Waals surface area contributed by atoms with Crippen molar-refractivity contribution in [2.24, 2.45) is 0 Å². The van der Waals surface area contributed by atoms with Gasteiger partial charge in [-0.25, -0.2) is 0 Å². The summed E-state index contributed by atoms with van der Waals surface area (Å²) in [6, 6.07) is 18.7. The number of para-hydroxylation sites is 1. The molecule has 30 heavy (non-hydrogen) atoms. The van der Waals surface area contributed by atoms with Crippen molar-refractivity contribution < 1.29 is 9.59 Å². The molecule has 0 aliphatic carbocycles. The fourth-order valence-electron chi connectivity index (χ4n) is 3.28. The number of benzene rings is 2. The molecule has 0 aliphatic heterocycles. The number of H-pyrrole nitrogens is 1. The van der Waals surface area contributed by atoms with Gasteiger partial charge >= 0.3 is 0 Å². The lowest BCUT2D eigenvalue weighted by Crippen LogP contribution is -2.27. The van der Waals surface area contributed by atoms with Crippen molar-refractivity contribution in [3.05, 3.63) is 95.4 Å². The normalized spacial score (nSPS) is 10.7. The molecule has 6 nitrogen and oxygen atoms in total. The molecule has 0 spiro atoms. The van der Waals surface area contributed by atoms with Gasteiger partial charge in [0.25, 0.3) is 11.8 Å². The summed E-state index contributed by atoms with van der Waals surface area (Å²) < 4.78 is 0. The van der Waals surface area contributed by atoms with Crippen LogP contribution in [0.3, 0.4) is 0 Å². The number of hydrogen-bond donors (Lipinski definition) is 3. The molecule has 150 valence electrons. The molecular formula is C24H22N4O2. The van der Waals surface area contributed by atoms with Crippen LogP contribution in [0.2, 0.25) is 0 Å². The third-order valence-corrected chi connectivity index (χ3v) is 4.92. The Bertz CT molecular complexity index is 1200. The van der Waals surface area contributed by atoms with Crippen molar-refractivity contribution in [1.29, 1.82) is 0 Å². The molecule has 0 unspecified atom stereocenters. The average molecular weight is 398 g/mol. The summed E-state index contributed by atoms with van der Waals surface area (Å²) in [7, 11) is 0. The lowest BCUT2D eigenvalue weighted by atomic mass is 10.1. The minimum Gasteiger partial charge on any atom is -0.361 e. The number of hydrogen-bond acceptors (Lipinski definition) is 3. The maximum atomic E-state index is 12.5. The van der Waals surface area contributed by atoms with Gasteiger partial charge in [0, 0.05) is 41.1 Å². The zero-order chi connectivity index (χ0) is 20.9. The molecule has 6 heteroatoms. The van der Waals surface area contributed by atoms with E-state index >= 15 is 0 Å². The van der Waals surface area contributed by atoms with Gasteiger partial charge < -0.3 is 15.6 Å². The summed E-state index contributed by atoms with van der Waals surface area (Å²) in [5, 5.41) is 6.86. The van der Waals surface area contributed by atoms with Crippen LogP contribution in [-0.2, 0) is 6.42 Å². The number of aryl methyl sites for hydroxylation is 1. The molecule has 2 amide bonds. The molecule has 2 aromatic carbocycles. The minimum absolute atomic E-state index is 0.213. The van der Waals surface area contributed by atoms with Gasteiger partial charge in [-0.3, -0.25) is 14.6 Å². The van der Waals surface area contributed by atoms with Gasteiger partial charge in [-0.2, -0.15) is 0 Å². The Kier molecular flexibility index (Phi) is 5.57. The zero-order valence-corrected chi connectivity index (χ0v) is 16.6. The Morgan fingerprint density at radius 1 is 1.00 bits per heavy atom. The second-order valence-corrected chi connectivity index (χ2v) is 7.12. The van der Waals surface area contributed by atoms with Crippen molar-refractivity contribution in [2.45, 2.75) is 13.3 Å². The lowest BCUT2D eigenvalue weighted by molar-refractivity contribution is 0.0949. The van der Waals surface area contributed by atoms with E-state index in [-0.39, 0.29) is 17.5 Å². The highest BCUT2D eigenvalue weighted by Crippen LogP contribution is 2.17. The molecule has 4 aromatic rings. The van der Waals surface area contributed by atoms with Crippen LogP contribution in [0.5, 0.6) is 0 Å². The van der Waals surface area contributed by atoms with Crippen LogP contribution in [0.25, 0.3) is 10.9 Å². The summed E-state index contributed by atoms with van der Waals surface area (Å²) in [6.07, 6.45) is 4.13. The molecule has 0 saturated heterocycles. The number of aromatic nitrogens is 2.